The number of hydrogen-bond acceptors (Lipinski definition) is 4. The van der Waals surface area contributed by atoms with Gasteiger partial charge in [0, 0.05) is 12.2 Å². The molecule has 2 rings (SSSR count). The van der Waals surface area contributed by atoms with Gasteiger partial charge in [-0.05, 0) is 25.3 Å². The summed E-state index contributed by atoms with van der Waals surface area (Å²) in [5, 5.41) is 11.7. The molecule has 6 nitrogen and oxygen atoms in total. The number of carbonyl (C=O) groups excluding carboxylic acids is 1. The summed E-state index contributed by atoms with van der Waals surface area (Å²) in [4.78, 5) is 30.7. The van der Waals surface area contributed by atoms with E-state index < -0.39 is 11.9 Å². The fraction of sp³-hybridized carbons (Fsp3) is 0.538. The van der Waals surface area contributed by atoms with Gasteiger partial charge in [-0.1, -0.05) is 12.8 Å². The van der Waals surface area contributed by atoms with E-state index in [0.29, 0.717) is 18.0 Å². The summed E-state index contributed by atoms with van der Waals surface area (Å²) in [5.74, 6) is -1.21. The first kappa shape index (κ1) is 13.5. The molecule has 0 spiro atoms. The number of nitrogens with zero attached hydrogens (tertiary/aromatic N) is 2. The number of aryl methyl sites for hydroxylation is 1. The Kier molecular flexibility index (Phi) is 4.09. The molecule has 1 fully saturated rings. The van der Waals surface area contributed by atoms with Crippen LogP contribution in [0, 0.1) is 18.8 Å². The van der Waals surface area contributed by atoms with Crippen molar-refractivity contribution in [2.75, 3.05) is 6.54 Å². The van der Waals surface area contributed by atoms with E-state index in [4.69, 9.17) is 5.11 Å². The number of hydrogen-bond donors (Lipinski definition) is 2. The van der Waals surface area contributed by atoms with Crippen molar-refractivity contribution in [3.63, 3.8) is 0 Å². The lowest BCUT2D eigenvalue weighted by molar-refractivity contribution is -0.141. The number of aromatic nitrogens is 2. The summed E-state index contributed by atoms with van der Waals surface area (Å²) in [6.45, 7) is 1.92. The number of amides is 1. The molecule has 1 atom stereocenters. The van der Waals surface area contributed by atoms with Gasteiger partial charge in [-0.2, -0.15) is 0 Å². The molecule has 0 aliphatic heterocycles. The second kappa shape index (κ2) is 5.77. The van der Waals surface area contributed by atoms with Gasteiger partial charge in [0.25, 0.3) is 5.91 Å². The molecule has 19 heavy (non-hydrogen) atoms. The average Bonchev–Trinajstić information content (AvgIpc) is 3.17. The minimum atomic E-state index is -0.855. The molecule has 1 amide bonds. The van der Waals surface area contributed by atoms with Crippen LogP contribution >= 0.6 is 0 Å². The highest BCUT2D eigenvalue weighted by molar-refractivity contribution is 5.92. The van der Waals surface area contributed by atoms with E-state index in [-0.39, 0.29) is 18.1 Å². The van der Waals surface area contributed by atoms with Crippen molar-refractivity contribution in [3.05, 3.63) is 23.8 Å². The van der Waals surface area contributed by atoms with Crippen LogP contribution < -0.4 is 5.32 Å². The maximum atomic E-state index is 11.8. The maximum absolute atomic E-state index is 11.8. The molecule has 1 unspecified atom stereocenters. The first-order valence-electron chi connectivity index (χ1n) is 6.36. The van der Waals surface area contributed by atoms with Crippen molar-refractivity contribution in [2.24, 2.45) is 11.8 Å². The molecule has 6 heteroatoms. The smallest absolute Gasteiger partial charge is 0.308 e. The number of rotatable bonds is 6. The van der Waals surface area contributed by atoms with Gasteiger partial charge in [0.15, 0.2) is 0 Å². The Labute approximate surface area is 111 Å². The van der Waals surface area contributed by atoms with Crippen LogP contribution in [0.3, 0.4) is 0 Å². The molecule has 2 N–H and O–H groups in total. The molecule has 1 aromatic rings. The zero-order valence-electron chi connectivity index (χ0n) is 10.8. The highest BCUT2D eigenvalue weighted by Crippen LogP contribution is 2.35. The minimum absolute atomic E-state index is 0.147. The van der Waals surface area contributed by atoms with Gasteiger partial charge < -0.3 is 10.4 Å². The summed E-state index contributed by atoms with van der Waals surface area (Å²) in [5.41, 5.74) is 0.968. The number of nitrogens with one attached hydrogen (secondary N) is 1. The van der Waals surface area contributed by atoms with E-state index in [9.17, 15) is 9.59 Å². The summed E-state index contributed by atoms with van der Waals surface area (Å²) in [6.07, 6.45) is 4.16. The van der Waals surface area contributed by atoms with Crippen molar-refractivity contribution >= 4 is 11.9 Å². The Bertz CT molecular complexity index is 486. The fourth-order valence-corrected chi connectivity index (χ4v) is 1.91. The van der Waals surface area contributed by atoms with E-state index in [1.807, 2.05) is 0 Å². The zero-order chi connectivity index (χ0) is 13.8. The molecular formula is C13H17N3O3. The molecule has 1 aliphatic carbocycles. The van der Waals surface area contributed by atoms with E-state index in [2.05, 4.69) is 15.3 Å². The normalized spacial score (nSPS) is 15.8. The highest BCUT2D eigenvalue weighted by atomic mass is 16.4. The minimum Gasteiger partial charge on any atom is -0.481 e. The Morgan fingerprint density at radius 1 is 1.47 bits per heavy atom. The lowest BCUT2D eigenvalue weighted by atomic mass is 10.0. The molecule has 0 bridgehead atoms. The predicted molar refractivity (Wildman–Crippen MR) is 67.6 cm³/mol. The Morgan fingerprint density at radius 3 is 2.79 bits per heavy atom. The fourth-order valence-electron chi connectivity index (χ4n) is 1.91. The third kappa shape index (κ3) is 4.01. The van der Waals surface area contributed by atoms with Crippen LogP contribution in [0.5, 0.6) is 0 Å². The first-order valence-corrected chi connectivity index (χ1v) is 6.36. The van der Waals surface area contributed by atoms with Crippen LogP contribution in [0.1, 0.15) is 35.4 Å². The zero-order valence-corrected chi connectivity index (χ0v) is 10.8. The van der Waals surface area contributed by atoms with Crippen LogP contribution in [0.15, 0.2) is 12.4 Å². The number of carboxylic acids is 1. The summed E-state index contributed by atoms with van der Waals surface area (Å²) in [7, 11) is 0. The van der Waals surface area contributed by atoms with E-state index in [1.165, 1.54) is 6.33 Å². The van der Waals surface area contributed by atoms with Gasteiger partial charge >= 0.3 is 5.97 Å². The van der Waals surface area contributed by atoms with E-state index in [0.717, 1.165) is 12.8 Å². The second-order valence-corrected chi connectivity index (χ2v) is 4.97. The third-order valence-electron chi connectivity index (χ3n) is 3.21. The van der Waals surface area contributed by atoms with Gasteiger partial charge in [-0.15, -0.1) is 0 Å². The molecule has 1 aliphatic rings. The van der Waals surface area contributed by atoms with Crippen molar-refractivity contribution in [3.8, 4) is 0 Å². The average molecular weight is 263 g/mol. The van der Waals surface area contributed by atoms with Gasteiger partial charge in [0.05, 0.1) is 5.92 Å². The predicted octanol–water partition coefficient (Wildman–Crippen LogP) is 1.02. The van der Waals surface area contributed by atoms with Gasteiger partial charge in [-0.25, -0.2) is 9.97 Å². The molecular weight excluding hydrogens is 246 g/mol. The van der Waals surface area contributed by atoms with Crippen LogP contribution in [0.4, 0.5) is 0 Å². The van der Waals surface area contributed by atoms with Crippen molar-refractivity contribution < 1.29 is 14.7 Å². The maximum Gasteiger partial charge on any atom is 0.308 e. The SMILES string of the molecule is Cc1cc(C(=O)NCC(CC2CC2)C(=O)O)ncn1. The third-order valence-corrected chi connectivity index (χ3v) is 3.21. The van der Waals surface area contributed by atoms with Crippen molar-refractivity contribution in [1.82, 2.24) is 15.3 Å². The first-order chi connectivity index (χ1) is 9.06. The molecule has 0 aromatic carbocycles. The lowest BCUT2D eigenvalue weighted by Gasteiger charge is -2.12. The van der Waals surface area contributed by atoms with Crippen LogP contribution in [0.2, 0.25) is 0 Å². The molecule has 0 radical (unpaired) electrons. The molecule has 1 heterocycles. The van der Waals surface area contributed by atoms with Gasteiger partial charge in [0.2, 0.25) is 0 Å². The number of carboxylic acid groups (broad SMARTS) is 1. The lowest BCUT2D eigenvalue weighted by Crippen LogP contribution is -2.33. The summed E-state index contributed by atoms with van der Waals surface area (Å²) >= 11 is 0. The summed E-state index contributed by atoms with van der Waals surface area (Å²) < 4.78 is 0. The van der Waals surface area contributed by atoms with Gasteiger partial charge in [0.1, 0.15) is 12.0 Å². The Morgan fingerprint density at radius 2 is 2.21 bits per heavy atom. The quantitative estimate of drug-likeness (QED) is 0.799. The van der Waals surface area contributed by atoms with E-state index in [1.54, 1.807) is 13.0 Å². The monoisotopic (exact) mass is 263 g/mol. The molecule has 1 saturated carbocycles. The van der Waals surface area contributed by atoms with Crippen LogP contribution in [-0.4, -0.2) is 33.5 Å². The van der Waals surface area contributed by atoms with Crippen molar-refractivity contribution in [2.45, 2.75) is 26.2 Å². The molecule has 0 saturated heterocycles. The standard InChI is InChI=1S/C13H17N3O3/c1-8-4-11(16-7-15-8)12(17)14-6-10(13(18)19)5-9-2-3-9/h4,7,9-10H,2-3,5-6H2,1H3,(H,14,17)(H,18,19). The van der Waals surface area contributed by atoms with Crippen LogP contribution in [-0.2, 0) is 4.79 Å². The molecule has 102 valence electrons. The second-order valence-electron chi connectivity index (χ2n) is 4.97. The Hall–Kier alpha value is -1.98. The van der Waals surface area contributed by atoms with Crippen molar-refractivity contribution in [1.29, 1.82) is 0 Å². The Balaban J connectivity index is 1.89. The topological polar surface area (TPSA) is 92.2 Å². The highest BCUT2D eigenvalue weighted by Gasteiger charge is 2.29. The van der Waals surface area contributed by atoms with Gasteiger partial charge in [-0.3, -0.25) is 9.59 Å². The van der Waals surface area contributed by atoms with Crippen LogP contribution in [0.25, 0.3) is 0 Å². The summed E-state index contributed by atoms with van der Waals surface area (Å²) in [6, 6.07) is 1.58. The number of aliphatic carboxylic acids is 1. The van der Waals surface area contributed by atoms with E-state index >= 15 is 0 Å². The molecule has 1 aromatic heterocycles. The number of carbonyl (C=O) groups is 2. The largest absolute Gasteiger partial charge is 0.481 e.